The van der Waals surface area contributed by atoms with E-state index in [1.54, 1.807) is 20.8 Å². The van der Waals surface area contributed by atoms with E-state index in [1.807, 2.05) is 30.3 Å². The van der Waals surface area contributed by atoms with Crippen LogP contribution < -0.4 is 11.1 Å². The normalized spacial score (nSPS) is 12.7. The summed E-state index contributed by atoms with van der Waals surface area (Å²) in [6, 6.07) is 8.27. The lowest BCUT2D eigenvalue weighted by Crippen LogP contribution is -2.45. The molecule has 0 radical (unpaired) electrons. The van der Waals surface area contributed by atoms with Gasteiger partial charge in [0.05, 0.1) is 6.42 Å². The molecule has 0 saturated heterocycles. The Balaban J connectivity index is 2.68. The van der Waals surface area contributed by atoms with E-state index in [9.17, 15) is 19.2 Å². The molecule has 1 unspecified atom stereocenters. The third-order valence-corrected chi connectivity index (χ3v) is 5.93. The van der Waals surface area contributed by atoms with Crippen LogP contribution in [0.2, 0.25) is 0 Å². The lowest BCUT2D eigenvalue weighted by molar-refractivity contribution is -0.154. The summed E-state index contributed by atoms with van der Waals surface area (Å²) >= 11 is 0. The van der Waals surface area contributed by atoms with Gasteiger partial charge in [-0.25, -0.2) is 9.59 Å². The summed E-state index contributed by atoms with van der Waals surface area (Å²) in [7, 11) is 0. The van der Waals surface area contributed by atoms with E-state index in [-0.39, 0.29) is 32.3 Å². The van der Waals surface area contributed by atoms with Crippen molar-refractivity contribution in [3.8, 4) is 0 Å². The lowest BCUT2D eigenvalue weighted by atomic mass is 10.0. The minimum Gasteiger partial charge on any atom is -0.461 e. The number of amides is 2. The van der Waals surface area contributed by atoms with Crippen LogP contribution in [-0.2, 0) is 35.2 Å². The van der Waals surface area contributed by atoms with Gasteiger partial charge < -0.3 is 25.3 Å². The molecule has 0 aliphatic carbocycles. The summed E-state index contributed by atoms with van der Waals surface area (Å²) < 4.78 is 16.2. The summed E-state index contributed by atoms with van der Waals surface area (Å²) in [6.45, 7) is 7.48. The number of benzene rings is 1. The Morgan fingerprint density at radius 3 is 2.15 bits per heavy atom. The van der Waals surface area contributed by atoms with E-state index in [2.05, 4.69) is 12.2 Å². The maximum atomic E-state index is 13.1. The van der Waals surface area contributed by atoms with E-state index in [1.165, 1.54) is 19.3 Å². The summed E-state index contributed by atoms with van der Waals surface area (Å²) in [6.07, 6.45) is 7.08. The minimum atomic E-state index is -1.05. The fraction of sp³-hybridized carbons (Fsp3) is 0.667. The van der Waals surface area contributed by atoms with Gasteiger partial charge in [0.1, 0.15) is 24.4 Å². The first-order valence-corrected chi connectivity index (χ1v) is 14.2. The zero-order valence-electron chi connectivity index (χ0n) is 24.2. The molecule has 0 bridgehead atoms. The maximum Gasteiger partial charge on any atom is 0.408 e. The predicted molar refractivity (Wildman–Crippen MR) is 150 cm³/mol. The molecule has 220 valence electrons. The number of alkyl carbamates (subject to hydrolysis) is 1. The summed E-state index contributed by atoms with van der Waals surface area (Å²) in [4.78, 5) is 49.3. The second-order valence-electron chi connectivity index (χ2n) is 10.9. The SMILES string of the molecule is CCCCCCCCCC(CC(N)=O)OC(=O)[C@H](CCCC(=O)OCc1ccccc1)NC(=O)OC(C)(C)C. The molecule has 1 aromatic carbocycles. The van der Waals surface area contributed by atoms with Crippen molar-refractivity contribution in [1.82, 2.24) is 5.32 Å². The van der Waals surface area contributed by atoms with Gasteiger partial charge in [0.25, 0.3) is 0 Å². The van der Waals surface area contributed by atoms with Gasteiger partial charge in [-0.1, -0.05) is 75.8 Å². The van der Waals surface area contributed by atoms with Crippen LogP contribution in [0.15, 0.2) is 30.3 Å². The quantitative estimate of drug-likeness (QED) is 0.128. The second-order valence-corrected chi connectivity index (χ2v) is 10.9. The first-order valence-electron chi connectivity index (χ1n) is 14.2. The standard InChI is InChI=1S/C30H48N2O7/c1-5-6-7-8-9-10-14-18-24(21-26(31)33)38-28(35)25(32-29(36)39-30(2,3)4)19-15-20-27(34)37-22-23-16-12-11-13-17-23/h11-13,16-17,24-25H,5-10,14-15,18-22H2,1-4H3,(H2,31,33)(H,32,36)/t24?,25-/m0/s1. The molecule has 2 amide bonds. The van der Waals surface area contributed by atoms with Gasteiger partial charge in [-0.2, -0.15) is 0 Å². The first-order chi connectivity index (χ1) is 18.5. The Morgan fingerprint density at radius 1 is 0.897 bits per heavy atom. The number of carbonyl (C=O) groups is 4. The van der Waals surface area contributed by atoms with Gasteiger partial charge in [-0.05, 0) is 52.0 Å². The number of nitrogens with two attached hydrogens (primary N) is 1. The van der Waals surface area contributed by atoms with Gasteiger partial charge in [0.15, 0.2) is 0 Å². The van der Waals surface area contributed by atoms with E-state index in [0.29, 0.717) is 6.42 Å². The lowest BCUT2D eigenvalue weighted by Gasteiger charge is -2.24. The van der Waals surface area contributed by atoms with Crippen molar-refractivity contribution in [2.45, 2.75) is 129 Å². The smallest absolute Gasteiger partial charge is 0.408 e. The molecule has 9 nitrogen and oxygen atoms in total. The fourth-order valence-corrected chi connectivity index (χ4v) is 3.96. The van der Waals surface area contributed by atoms with Crippen LogP contribution in [0, 0.1) is 0 Å². The summed E-state index contributed by atoms with van der Waals surface area (Å²) in [5.41, 5.74) is 5.51. The predicted octanol–water partition coefficient (Wildman–Crippen LogP) is 5.72. The molecule has 0 heterocycles. The van der Waals surface area contributed by atoms with Crippen molar-refractivity contribution in [1.29, 1.82) is 0 Å². The van der Waals surface area contributed by atoms with Gasteiger partial charge in [0.2, 0.25) is 5.91 Å². The van der Waals surface area contributed by atoms with Gasteiger partial charge >= 0.3 is 18.0 Å². The number of nitrogens with one attached hydrogen (secondary N) is 1. The molecule has 1 aromatic rings. The van der Waals surface area contributed by atoms with Crippen LogP contribution in [0.4, 0.5) is 4.79 Å². The topological polar surface area (TPSA) is 134 Å². The van der Waals surface area contributed by atoms with E-state index < -0.39 is 41.7 Å². The Bertz CT molecular complexity index is 868. The fourth-order valence-electron chi connectivity index (χ4n) is 3.96. The largest absolute Gasteiger partial charge is 0.461 e. The maximum absolute atomic E-state index is 13.1. The summed E-state index contributed by atoms with van der Waals surface area (Å²) in [5, 5.41) is 2.56. The Morgan fingerprint density at radius 2 is 1.54 bits per heavy atom. The minimum absolute atomic E-state index is 0.0648. The van der Waals surface area contributed by atoms with Crippen LogP contribution >= 0.6 is 0 Å². The molecule has 0 aliphatic rings. The van der Waals surface area contributed by atoms with E-state index in [4.69, 9.17) is 19.9 Å². The number of unbranched alkanes of at least 4 members (excludes halogenated alkanes) is 6. The van der Waals surface area contributed by atoms with Crippen molar-refractivity contribution in [2.24, 2.45) is 5.73 Å². The number of primary amides is 1. The molecule has 0 aliphatic heterocycles. The highest BCUT2D eigenvalue weighted by Crippen LogP contribution is 2.16. The van der Waals surface area contributed by atoms with Gasteiger partial charge in [0, 0.05) is 6.42 Å². The molecule has 39 heavy (non-hydrogen) atoms. The molecular weight excluding hydrogens is 500 g/mol. The van der Waals surface area contributed by atoms with Crippen LogP contribution in [0.3, 0.4) is 0 Å². The third-order valence-electron chi connectivity index (χ3n) is 5.93. The average Bonchev–Trinajstić information content (AvgIpc) is 2.85. The third kappa shape index (κ3) is 17.9. The number of hydrogen-bond acceptors (Lipinski definition) is 7. The number of rotatable bonds is 19. The van der Waals surface area contributed by atoms with Crippen LogP contribution in [0.1, 0.15) is 110 Å². The van der Waals surface area contributed by atoms with Crippen molar-refractivity contribution < 1.29 is 33.4 Å². The van der Waals surface area contributed by atoms with Gasteiger partial charge in [-0.3, -0.25) is 9.59 Å². The number of esters is 2. The molecule has 0 aromatic heterocycles. The monoisotopic (exact) mass is 548 g/mol. The average molecular weight is 549 g/mol. The van der Waals surface area contributed by atoms with Crippen molar-refractivity contribution in [3.05, 3.63) is 35.9 Å². The zero-order chi connectivity index (χ0) is 29.1. The molecule has 0 saturated carbocycles. The molecule has 9 heteroatoms. The van der Waals surface area contributed by atoms with Crippen LogP contribution in [-0.4, -0.2) is 41.7 Å². The Kier molecular flexibility index (Phi) is 16.6. The zero-order valence-corrected chi connectivity index (χ0v) is 24.2. The van der Waals surface area contributed by atoms with Crippen LogP contribution in [0.5, 0.6) is 0 Å². The molecule has 0 fully saturated rings. The van der Waals surface area contributed by atoms with Crippen molar-refractivity contribution >= 4 is 23.9 Å². The summed E-state index contributed by atoms with van der Waals surface area (Å²) in [5.74, 6) is -1.66. The highest BCUT2D eigenvalue weighted by molar-refractivity contribution is 5.82. The van der Waals surface area contributed by atoms with E-state index >= 15 is 0 Å². The highest BCUT2D eigenvalue weighted by Gasteiger charge is 2.28. The number of ether oxygens (including phenoxy) is 3. The number of carbonyl (C=O) groups excluding carboxylic acids is 4. The van der Waals surface area contributed by atoms with Gasteiger partial charge in [-0.15, -0.1) is 0 Å². The van der Waals surface area contributed by atoms with Crippen LogP contribution in [0.25, 0.3) is 0 Å². The molecule has 1 rings (SSSR count). The molecule has 0 spiro atoms. The molecule has 2 atom stereocenters. The van der Waals surface area contributed by atoms with Crippen molar-refractivity contribution in [3.63, 3.8) is 0 Å². The molecule has 3 N–H and O–H groups in total. The van der Waals surface area contributed by atoms with Crippen molar-refractivity contribution in [2.75, 3.05) is 0 Å². The molecular formula is C30H48N2O7. The Labute approximate surface area is 233 Å². The second kappa shape index (κ2) is 19.0. The van der Waals surface area contributed by atoms with E-state index in [0.717, 1.165) is 31.2 Å². The number of hydrogen-bond donors (Lipinski definition) is 2. The first kappa shape index (κ1) is 33.9. The Hall–Kier alpha value is -3.10. The highest BCUT2D eigenvalue weighted by atomic mass is 16.6.